The average Bonchev–Trinajstić information content (AvgIpc) is 2.74. The number of rotatable bonds is 4. The summed E-state index contributed by atoms with van der Waals surface area (Å²) in [5, 5.41) is 3.65. The summed E-state index contributed by atoms with van der Waals surface area (Å²) in [5.41, 5.74) is 4.99. The minimum Gasteiger partial charge on any atom is -0.381 e. The van der Waals surface area contributed by atoms with Gasteiger partial charge >= 0.3 is 0 Å². The molecule has 30 heavy (non-hydrogen) atoms. The lowest BCUT2D eigenvalue weighted by Gasteiger charge is -2.39. The van der Waals surface area contributed by atoms with Crippen LogP contribution in [0, 0.1) is 0 Å². The van der Waals surface area contributed by atoms with Gasteiger partial charge in [0.2, 0.25) is 5.91 Å². The van der Waals surface area contributed by atoms with Crippen molar-refractivity contribution in [1.82, 2.24) is 0 Å². The highest BCUT2D eigenvalue weighted by molar-refractivity contribution is 5.97. The molecule has 5 heteroatoms. The summed E-state index contributed by atoms with van der Waals surface area (Å²) in [6.07, 6.45) is 2.94. The molecule has 0 aromatic heterocycles. The average molecular weight is 407 g/mol. The number of anilines is 2. The zero-order chi connectivity index (χ0) is 21.3. The van der Waals surface area contributed by atoms with Crippen molar-refractivity contribution < 1.29 is 14.3 Å². The van der Waals surface area contributed by atoms with Gasteiger partial charge in [-0.05, 0) is 80.5 Å². The normalized spacial score (nSPS) is 21.8. The van der Waals surface area contributed by atoms with Crippen LogP contribution in [-0.2, 0) is 9.53 Å². The number of carbonyl (C=O) groups is 2. The Morgan fingerprint density at radius 3 is 2.37 bits per heavy atom. The Kier molecular flexibility index (Phi) is 5.91. The molecule has 4 rings (SSSR count). The fraction of sp³-hybridized carbons (Fsp3) is 0.440. The standard InChI is InChI=1S/C25H30N2O3/c1-16-14-24(23-15-21(17(2)28)6-9-25(23)27(16)18(3)29)26-22-7-4-19(5-8-22)20-10-12-30-13-11-20/h4-9,15-16,20,24,26H,10-14H2,1-3H3. The van der Waals surface area contributed by atoms with Gasteiger partial charge in [0.15, 0.2) is 5.78 Å². The number of benzene rings is 2. The van der Waals surface area contributed by atoms with Crippen LogP contribution in [0.15, 0.2) is 42.5 Å². The van der Waals surface area contributed by atoms with Crippen molar-refractivity contribution in [2.24, 2.45) is 0 Å². The number of Topliss-reactive ketones (excluding diaryl/α,β-unsaturated/α-hetero) is 1. The second-order valence-electron chi connectivity index (χ2n) is 8.51. The largest absolute Gasteiger partial charge is 0.381 e. The predicted molar refractivity (Wildman–Crippen MR) is 119 cm³/mol. The Bertz CT molecular complexity index is 932. The molecule has 0 aliphatic carbocycles. The van der Waals surface area contributed by atoms with E-state index < -0.39 is 0 Å². The summed E-state index contributed by atoms with van der Waals surface area (Å²) in [4.78, 5) is 26.1. The van der Waals surface area contributed by atoms with Crippen LogP contribution in [0.2, 0.25) is 0 Å². The topological polar surface area (TPSA) is 58.6 Å². The maximum atomic E-state index is 12.3. The van der Waals surface area contributed by atoms with Gasteiger partial charge in [0, 0.05) is 43.1 Å². The highest BCUT2D eigenvalue weighted by atomic mass is 16.5. The molecule has 158 valence electrons. The van der Waals surface area contributed by atoms with E-state index in [2.05, 4.69) is 36.5 Å². The van der Waals surface area contributed by atoms with Gasteiger partial charge in [-0.25, -0.2) is 0 Å². The number of nitrogens with zero attached hydrogens (tertiary/aromatic N) is 1. The smallest absolute Gasteiger partial charge is 0.224 e. The monoisotopic (exact) mass is 406 g/mol. The van der Waals surface area contributed by atoms with Crippen LogP contribution in [-0.4, -0.2) is 30.9 Å². The molecule has 1 N–H and O–H groups in total. The van der Waals surface area contributed by atoms with Gasteiger partial charge < -0.3 is 15.0 Å². The van der Waals surface area contributed by atoms with Gasteiger partial charge in [-0.3, -0.25) is 9.59 Å². The molecule has 1 fully saturated rings. The van der Waals surface area contributed by atoms with Crippen LogP contribution in [0.5, 0.6) is 0 Å². The van der Waals surface area contributed by atoms with E-state index in [0.29, 0.717) is 11.5 Å². The Morgan fingerprint density at radius 1 is 1.03 bits per heavy atom. The summed E-state index contributed by atoms with van der Waals surface area (Å²) in [6.45, 7) is 6.93. The van der Waals surface area contributed by atoms with Gasteiger partial charge in [-0.1, -0.05) is 12.1 Å². The number of hydrogen-bond acceptors (Lipinski definition) is 4. The van der Waals surface area contributed by atoms with E-state index in [1.54, 1.807) is 13.8 Å². The zero-order valence-corrected chi connectivity index (χ0v) is 18.0. The Labute approximate surface area is 178 Å². The molecule has 2 aliphatic heterocycles. The van der Waals surface area contributed by atoms with E-state index in [-0.39, 0.29) is 23.8 Å². The number of ketones is 1. The Hall–Kier alpha value is -2.66. The molecule has 2 aliphatic rings. The quantitative estimate of drug-likeness (QED) is 0.719. The molecule has 1 amide bonds. The Balaban J connectivity index is 1.60. The van der Waals surface area contributed by atoms with Crippen molar-refractivity contribution >= 4 is 23.1 Å². The van der Waals surface area contributed by atoms with E-state index >= 15 is 0 Å². The first-order chi connectivity index (χ1) is 14.4. The highest BCUT2D eigenvalue weighted by Gasteiger charge is 2.32. The lowest BCUT2D eigenvalue weighted by atomic mass is 9.89. The second-order valence-corrected chi connectivity index (χ2v) is 8.51. The molecule has 0 bridgehead atoms. The number of amides is 1. The van der Waals surface area contributed by atoms with Gasteiger partial charge in [-0.2, -0.15) is 0 Å². The molecule has 2 aromatic rings. The van der Waals surface area contributed by atoms with Crippen molar-refractivity contribution in [2.75, 3.05) is 23.4 Å². The third kappa shape index (κ3) is 4.12. The predicted octanol–water partition coefficient (Wildman–Crippen LogP) is 5.08. The first-order valence-corrected chi connectivity index (χ1v) is 10.8. The molecule has 5 nitrogen and oxygen atoms in total. The van der Waals surface area contributed by atoms with Crippen LogP contribution in [0.3, 0.4) is 0 Å². The maximum Gasteiger partial charge on any atom is 0.224 e. The highest BCUT2D eigenvalue weighted by Crippen LogP contribution is 2.40. The summed E-state index contributed by atoms with van der Waals surface area (Å²) < 4.78 is 5.48. The molecular formula is C25H30N2O3. The molecule has 1 saturated heterocycles. The van der Waals surface area contributed by atoms with Gasteiger partial charge in [0.05, 0.1) is 6.04 Å². The van der Waals surface area contributed by atoms with Gasteiger partial charge in [-0.15, -0.1) is 0 Å². The number of fused-ring (bicyclic) bond motifs is 1. The van der Waals surface area contributed by atoms with Gasteiger partial charge in [0.25, 0.3) is 0 Å². The first-order valence-electron chi connectivity index (χ1n) is 10.8. The van der Waals surface area contributed by atoms with E-state index in [9.17, 15) is 9.59 Å². The van der Waals surface area contributed by atoms with Crippen LogP contribution in [0.25, 0.3) is 0 Å². The number of hydrogen-bond donors (Lipinski definition) is 1. The zero-order valence-electron chi connectivity index (χ0n) is 18.0. The molecule has 0 spiro atoms. The molecular weight excluding hydrogens is 376 g/mol. The van der Waals surface area contributed by atoms with Crippen molar-refractivity contribution in [3.63, 3.8) is 0 Å². The third-order valence-corrected chi connectivity index (χ3v) is 6.37. The van der Waals surface area contributed by atoms with Crippen LogP contribution < -0.4 is 10.2 Å². The molecule has 0 radical (unpaired) electrons. The minimum atomic E-state index is 0.0265. The van der Waals surface area contributed by atoms with Crippen molar-refractivity contribution in [3.05, 3.63) is 59.2 Å². The third-order valence-electron chi connectivity index (χ3n) is 6.37. The summed E-state index contributed by atoms with van der Waals surface area (Å²) >= 11 is 0. The van der Waals surface area contributed by atoms with Crippen molar-refractivity contribution in [3.8, 4) is 0 Å². The summed E-state index contributed by atoms with van der Waals surface area (Å²) in [7, 11) is 0. The van der Waals surface area contributed by atoms with Crippen LogP contribution >= 0.6 is 0 Å². The van der Waals surface area contributed by atoms with E-state index in [1.807, 2.05) is 23.1 Å². The van der Waals surface area contributed by atoms with E-state index in [0.717, 1.165) is 49.4 Å². The van der Waals surface area contributed by atoms with Crippen molar-refractivity contribution in [1.29, 1.82) is 0 Å². The fourth-order valence-corrected chi connectivity index (χ4v) is 4.78. The van der Waals surface area contributed by atoms with Crippen LogP contribution in [0.1, 0.15) is 73.5 Å². The van der Waals surface area contributed by atoms with Crippen molar-refractivity contribution in [2.45, 2.75) is 58.0 Å². The minimum absolute atomic E-state index is 0.0265. The number of ether oxygens (including phenoxy) is 1. The van der Waals surface area contributed by atoms with Crippen LogP contribution in [0.4, 0.5) is 11.4 Å². The molecule has 2 atom stereocenters. The number of nitrogens with one attached hydrogen (secondary N) is 1. The Morgan fingerprint density at radius 2 is 1.73 bits per heavy atom. The van der Waals surface area contributed by atoms with E-state index in [1.165, 1.54) is 5.56 Å². The molecule has 2 heterocycles. The lowest BCUT2D eigenvalue weighted by molar-refractivity contribution is -0.117. The molecule has 2 unspecified atom stereocenters. The summed E-state index contributed by atoms with van der Waals surface area (Å²) in [6, 6.07) is 14.5. The maximum absolute atomic E-state index is 12.3. The molecule has 0 saturated carbocycles. The first kappa shape index (κ1) is 20.6. The summed E-state index contributed by atoms with van der Waals surface area (Å²) in [5.74, 6) is 0.634. The lowest BCUT2D eigenvalue weighted by Crippen LogP contribution is -2.43. The molecule has 2 aromatic carbocycles. The fourth-order valence-electron chi connectivity index (χ4n) is 4.78. The van der Waals surface area contributed by atoms with E-state index in [4.69, 9.17) is 4.74 Å². The second kappa shape index (κ2) is 8.60. The number of carbonyl (C=O) groups excluding carboxylic acids is 2. The van der Waals surface area contributed by atoms with Gasteiger partial charge in [0.1, 0.15) is 0 Å². The SMILES string of the molecule is CC(=O)c1ccc2c(c1)C(Nc1ccc(C3CCOCC3)cc1)CC(C)N2C(C)=O.